The van der Waals surface area contributed by atoms with Gasteiger partial charge in [-0.3, -0.25) is 4.90 Å². The molecular weight excluding hydrogens is 252 g/mol. The molecule has 2 heterocycles. The molecule has 4 heteroatoms. The Labute approximate surface area is 115 Å². The van der Waals surface area contributed by atoms with Crippen molar-refractivity contribution in [2.75, 3.05) is 19.6 Å². The minimum absolute atomic E-state index is 0. The second kappa shape index (κ2) is 7.37. The van der Waals surface area contributed by atoms with Gasteiger partial charge in [-0.25, -0.2) is 0 Å². The van der Waals surface area contributed by atoms with Gasteiger partial charge < -0.3 is 5.32 Å². The molecule has 1 aromatic heterocycles. The molecule has 1 unspecified atom stereocenters. The molecule has 1 N–H and O–H groups in total. The van der Waals surface area contributed by atoms with E-state index in [9.17, 15) is 0 Å². The van der Waals surface area contributed by atoms with Crippen molar-refractivity contribution in [3.8, 4) is 0 Å². The predicted molar refractivity (Wildman–Crippen MR) is 78.3 cm³/mol. The van der Waals surface area contributed by atoms with Gasteiger partial charge in [0.2, 0.25) is 0 Å². The fraction of sp³-hybridized carbons (Fsp3) is 0.692. The van der Waals surface area contributed by atoms with Crippen LogP contribution in [0, 0.1) is 6.92 Å². The molecule has 1 aromatic rings. The maximum Gasteiger partial charge on any atom is 0.0334 e. The molecule has 0 amide bonds. The van der Waals surface area contributed by atoms with Crippen LogP contribution in [0.15, 0.2) is 11.4 Å². The topological polar surface area (TPSA) is 15.3 Å². The van der Waals surface area contributed by atoms with Crippen LogP contribution in [0.3, 0.4) is 0 Å². The van der Waals surface area contributed by atoms with E-state index in [4.69, 9.17) is 0 Å². The minimum Gasteiger partial charge on any atom is -0.315 e. The van der Waals surface area contributed by atoms with Crippen LogP contribution < -0.4 is 5.32 Å². The highest BCUT2D eigenvalue weighted by Gasteiger charge is 2.22. The summed E-state index contributed by atoms with van der Waals surface area (Å²) in [5.41, 5.74) is 1.46. The quantitative estimate of drug-likeness (QED) is 0.888. The molecule has 0 radical (unpaired) electrons. The lowest BCUT2D eigenvalue weighted by molar-refractivity contribution is 0.201. The Morgan fingerprint density at radius 1 is 1.53 bits per heavy atom. The molecule has 0 aromatic carbocycles. The van der Waals surface area contributed by atoms with Crippen molar-refractivity contribution in [3.63, 3.8) is 0 Å². The smallest absolute Gasteiger partial charge is 0.0334 e. The minimum atomic E-state index is 0. The second-order valence-corrected chi connectivity index (χ2v) is 5.64. The molecule has 17 heavy (non-hydrogen) atoms. The van der Waals surface area contributed by atoms with Crippen molar-refractivity contribution in [1.82, 2.24) is 10.2 Å². The third-order valence-corrected chi connectivity index (χ3v) is 4.38. The summed E-state index contributed by atoms with van der Waals surface area (Å²) in [5.74, 6) is 0. The number of aryl methyl sites for hydroxylation is 1. The Morgan fingerprint density at radius 3 is 2.88 bits per heavy atom. The maximum absolute atomic E-state index is 3.47. The fourth-order valence-electron chi connectivity index (χ4n) is 2.38. The van der Waals surface area contributed by atoms with Crippen LogP contribution >= 0.6 is 23.7 Å². The Morgan fingerprint density at radius 2 is 2.35 bits per heavy atom. The molecule has 2 rings (SSSR count). The highest BCUT2D eigenvalue weighted by atomic mass is 35.5. The van der Waals surface area contributed by atoms with Crippen molar-refractivity contribution < 1.29 is 0 Å². The number of hydrogen-bond acceptors (Lipinski definition) is 3. The first-order valence-corrected chi connectivity index (χ1v) is 7.17. The highest BCUT2D eigenvalue weighted by Crippen LogP contribution is 2.20. The highest BCUT2D eigenvalue weighted by molar-refractivity contribution is 7.10. The number of nitrogens with zero attached hydrogens (tertiary/aromatic N) is 1. The maximum atomic E-state index is 3.47. The van der Waals surface area contributed by atoms with E-state index < -0.39 is 0 Å². The van der Waals surface area contributed by atoms with Gasteiger partial charge in [0.15, 0.2) is 0 Å². The van der Waals surface area contributed by atoms with Crippen LogP contribution in [-0.4, -0.2) is 30.6 Å². The predicted octanol–water partition coefficient (Wildman–Crippen LogP) is 3.05. The van der Waals surface area contributed by atoms with E-state index in [0.29, 0.717) is 0 Å². The van der Waals surface area contributed by atoms with Gasteiger partial charge >= 0.3 is 0 Å². The summed E-state index contributed by atoms with van der Waals surface area (Å²) in [6, 6.07) is 2.98. The third kappa shape index (κ3) is 3.95. The summed E-state index contributed by atoms with van der Waals surface area (Å²) in [4.78, 5) is 4.19. The van der Waals surface area contributed by atoms with Crippen molar-refractivity contribution in [1.29, 1.82) is 0 Å². The van der Waals surface area contributed by atoms with Gasteiger partial charge in [0.05, 0.1) is 0 Å². The second-order valence-electron chi connectivity index (χ2n) is 4.64. The van der Waals surface area contributed by atoms with Crippen LogP contribution in [0.4, 0.5) is 0 Å². The van der Waals surface area contributed by atoms with Crippen molar-refractivity contribution in [2.24, 2.45) is 0 Å². The molecule has 2 nitrogen and oxygen atoms in total. The average molecular weight is 275 g/mol. The Kier molecular flexibility index (Phi) is 6.49. The monoisotopic (exact) mass is 274 g/mol. The van der Waals surface area contributed by atoms with Crippen molar-refractivity contribution in [2.45, 2.75) is 39.3 Å². The number of nitrogens with one attached hydrogen (secondary N) is 1. The molecule has 98 valence electrons. The van der Waals surface area contributed by atoms with Gasteiger partial charge in [0.25, 0.3) is 0 Å². The molecule has 1 aliphatic rings. The molecule has 0 bridgehead atoms. The summed E-state index contributed by atoms with van der Waals surface area (Å²) in [6.07, 6.45) is 2.56. The normalized spacial score (nSPS) is 19.6. The standard InChI is InChI=1S/C13H22N2S.ClH/c1-3-7-15(12-4-6-14-9-12)10-13-11(2)5-8-16-13;/h5,8,12,14H,3-4,6-7,9-10H2,1-2H3;1H. The molecule has 0 aliphatic carbocycles. The third-order valence-electron chi connectivity index (χ3n) is 3.38. The van der Waals surface area contributed by atoms with Gasteiger partial charge in [-0.05, 0) is 49.9 Å². The Hall–Kier alpha value is -0.0900. The number of hydrogen-bond donors (Lipinski definition) is 1. The van der Waals surface area contributed by atoms with E-state index in [-0.39, 0.29) is 12.4 Å². The van der Waals surface area contributed by atoms with E-state index >= 15 is 0 Å². The van der Waals surface area contributed by atoms with Gasteiger partial charge in [0.1, 0.15) is 0 Å². The van der Waals surface area contributed by atoms with Crippen LogP contribution in [0.1, 0.15) is 30.2 Å². The van der Waals surface area contributed by atoms with E-state index in [1.807, 2.05) is 11.3 Å². The zero-order valence-electron chi connectivity index (χ0n) is 10.7. The van der Waals surface area contributed by atoms with Crippen molar-refractivity contribution >= 4 is 23.7 Å². The van der Waals surface area contributed by atoms with Crippen LogP contribution in [0.2, 0.25) is 0 Å². The molecule has 0 saturated carbocycles. The van der Waals surface area contributed by atoms with E-state index in [0.717, 1.165) is 12.6 Å². The van der Waals surface area contributed by atoms with E-state index in [1.165, 1.54) is 38.0 Å². The zero-order valence-corrected chi connectivity index (χ0v) is 12.4. The summed E-state index contributed by atoms with van der Waals surface area (Å²) in [6.45, 7) is 9.23. The molecular formula is C13H23ClN2S. The molecule has 1 fully saturated rings. The van der Waals surface area contributed by atoms with E-state index in [2.05, 4.69) is 35.5 Å². The van der Waals surface area contributed by atoms with Gasteiger partial charge in [-0.1, -0.05) is 6.92 Å². The van der Waals surface area contributed by atoms with Gasteiger partial charge in [-0.2, -0.15) is 0 Å². The van der Waals surface area contributed by atoms with Crippen molar-refractivity contribution in [3.05, 3.63) is 21.9 Å². The van der Waals surface area contributed by atoms with Crippen LogP contribution in [0.25, 0.3) is 0 Å². The summed E-state index contributed by atoms with van der Waals surface area (Å²) in [7, 11) is 0. The van der Waals surface area contributed by atoms with Crippen LogP contribution in [0.5, 0.6) is 0 Å². The Balaban J connectivity index is 0.00000144. The molecule has 1 aliphatic heterocycles. The molecule has 1 atom stereocenters. The fourth-order valence-corrected chi connectivity index (χ4v) is 3.31. The van der Waals surface area contributed by atoms with Gasteiger partial charge in [-0.15, -0.1) is 23.7 Å². The lowest BCUT2D eigenvalue weighted by Gasteiger charge is -2.27. The zero-order chi connectivity index (χ0) is 11.4. The average Bonchev–Trinajstić information content (AvgIpc) is 2.90. The van der Waals surface area contributed by atoms with Crippen LogP contribution in [-0.2, 0) is 6.54 Å². The summed E-state index contributed by atoms with van der Waals surface area (Å²) < 4.78 is 0. The first-order valence-electron chi connectivity index (χ1n) is 6.29. The summed E-state index contributed by atoms with van der Waals surface area (Å²) in [5, 5.41) is 5.68. The van der Waals surface area contributed by atoms with E-state index in [1.54, 1.807) is 4.88 Å². The first-order chi connectivity index (χ1) is 7.81. The molecule has 0 spiro atoms. The lowest BCUT2D eigenvalue weighted by Crippen LogP contribution is -2.36. The lowest BCUT2D eigenvalue weighted by atomic mass is 10.2. The first kappa shape index (κ1) is 15.0. The summed E-state index contributed by atoms with van der Waals surface area (Å²) >= 11 is 1.90. The Bertz CT molecular complexity index is 321. The number of thiophene rings is 1. The SMILES string of the molecule is CCCN(Cc1sccc1C)C1CCNC1.Cl. The number of halogens is 1. The number of rotatable bonds is 5. The molecule has 1 saturated heterocycles. The van der Waals surface area contributed by atoms with Gasteiger partial charge in [0, 0.05) is 24.0 Å². The largest absolute Gasteiger partial charge is 0.315 e.